The van der Waals surface area contributed by atoms with Crippen LogP contribution in [0.1, 0.15) is 17.2 Å². The van der Waals surface area contributed by atoms with E-state index in [4.69, 9.17) is 5.14 Å². The first-order valence-electron chi connectivity index (χ1n) is 6.90. The van der Waals surface area contributed by atoms with Crippen LogP contribution < -0.4 is 10.5 Å². The molecule has 0 aromatic heterocycles. The first-order chi connectivity index (χ1) is 11.5. The van der Waals surface area contributed by atoms with Gasteiger partial charge in [0.15, 0.2) is 0 Å². The van der Waals surface area contributed by atoms with E-state index in [1.54, 1.807) is 0 Å². The van der Waals surface area contributed by atoms with Crippen LogP contribution in [0.2, 0.25) is 0 Å². The van der Waals surface area contributed by atoms with Crippen LogP contribution in [-0.4, -0.2) is 20.1 Å². The molecule has 0 aliphatic rings. The zero-order valence-electron chi connectivity index (χ0n) is 12.6. The van der Waals surface area contributed by atoms with Crippen molar-refractivity contribution < 1.29 is 31.1 Å². The minimum atomic E-state index is -4.86. The van der Waals surface area contributed by atoms with Crippen LogP contribution >= 0.6 is 0 Å². The third-order valence-corrected chi connectivity index (χ3v) is 4.29. The lowest BCUT2D eigenvalue weighted by atomic mass is 10.1. The molecule has 0 aliphatic carbocycles. The highest BCUT2D eigenvalue weighted by molar-refractivity contribution is 7.89. The van der Waals surface area contributed by atoms with Gasteiger partial charge < -0.3 is 10.4 Å². The summed E-state index contributed by atoms with van der Waals surface area (Å²) in [5, 5.41) is 17.1. The summed E-state index contributed by atoms with van der Waals surface area (Å²) in [6, 6.07) is 7.49. The van der Waals surface area contributed by atoms with Gasteiger partial charge in [0.25, 0.3) is 0 Å². The summed E-state index contributed by atoms with van der Waals surface area (Å²) in [5.74, 6) is -0.697. The molecule has 2 aromatic carbocycles. The minimum Gasteiger partial charge on any atom is -0.386 e. The average Bonchev–Trinajstić information content (AvgIpc) is 2.51. The summed E-state index contributed by atoms with van der Waals surface area (Å²) in [6.45, 7) is -0.418. The molecular formula is C15H14F4N2O3S. The standard InChI is InChI=1S/C15H14F4N2O3S/c16-12-4-2-1-3-10(12)14(22)8-21-13-6-5-9(25(20,23)24)7-11(13)15(17,18)19/h1-7,14,21-22H,8H2,(H2,20,23,24). The number of aliphatic hydroxyl groups is 1. The highest BCUT2D eigenvalue weighted by Gasteiger charge is 2.34. The van der Waals surface area contributed by atoms with Crippen molar-refractivity contribution >= 4 is 15.7 Å². The summed E-state index contributed by atoms with van der Waals surface area (Å²) < 4.78 is 75.4. The Hall–Kier alpha value is -2.17. The highest BCUT2D eigenvalue weighted by Crippen LogP contribution is 2.36. The number of hydrogen-bond donors (Lipinski definition) is 3. The van der Waals surface area contributed by atoms with Crippen molar-refractivity contribution in [3.63, 3.8) is 0 Å². The van der Waals surface area contributed by atoms with Gasteiger partial charge in [-0.25, -0.2) is 17.9 Å². The molecule has 25 heavy (non-hydrogen) atoms. The molecule has 5 nitrogen and oxygen atoms in total. The van der Waals surface area contributed by atoms with Crippen molar-refractivity contribution in [1.29, 1.82) is 0 Å². The molecule has 0 aliphatic heterocycles. The number of sulfonamides is 1. The molecular weight excluding hydrogens is 364 g/mol. The molecule has 0 heterocycles. The van der Waals surface area contributed by atoms with Crippen molar-refractivity contribution in [2.75, 3.05) is 11.9 Å². The quantitative estimate of drug-likeness (QED) is 0.698. The van der Waals surface area contributed by atoms with Crippen LogP contribution in [0.4, 0.5) is 23.2 Å². The SMILES string of the molecule is NS(=O)(=O)c1ccc(NCC(O)c2ccccc2F)c(C(F)(F)F)c1. The Morgan fingerprint density at radius 1 is 1.16 bits per heavy atom. The van der Waals surface area contributed by atoms with Crippen LogP contribution in [0.15, 0.2) is 47.4 Å². The summed E-state index contributed by atoms with van der Waals surface area (Å²) in [7, 11) is -4.31. The molecule has 0 saturated heterocycles. The lowest BCUT2D eigenvalue weighted by Gasteiger charge is -2.18. The van der Waals surface area contributed by atoms with E-state index >= 15 is 0 Å². The highest BCUT2D eigenvalue weighted by atomic mass is 32.2. The lowest BCUT2D eigenvalue weighted by Crippen LogP contribution is -2.18. The molecule has 0 bridgehead atoms. The number of nitrogens with one attached hydrogen (secondary N) is 1. The normalized spacial score (nSPS) is 13.5. The van der Waals surface area contributed by atoms with Gasteiger partial charge in [-0.3, -0.25) is 0 Å². The molecule has 0 radical (unpaired) electrons. The molecule has 4 N–H and O–H groups in total. The van der Waals surface area contributed by atoms with Crippen LogP contribution in [0, 0.1) is 5.82 Å². The van der Waals surface area contributed by atoms with E-state index in [0.717, 1.165) is 18.2 Å². The van der Waals surface area contributed by atoms with Crippen molar-refractivity contribution in [2.24, 2.45) is 5.14 Å². The summed E-state index contributed by atoms with van der Waals surface area (Å²) in [6.07, 6.45) is -6.26. The third-order valence-electron chi connectivity index (χ3n) is 3.38. The molecule has 1 atom stereocenters. The Bertz CT molecular complexity index is 869. The number of halogens is 4. The van der Waals surface area contributed by atoms with Gasteiger partial charge in [-0.05, 0) is 24.3 Å². The number of rotatable bonds is 5. The molecule has 10 heteroatoms. The Balaban J connectivity index is 2.29. The molecule has 0 fully saturated rings. The second-order valence-corrected chi connectivity index (χ2v) is 6.73. The molecule has 2 rings (SSSR count). The van der Waals surface area contributed by atoms with Gasteiger partial charge in [0.2, 0.25) is 10.0 Å². The molecule has 2 aromatic rings. The monoisotopic (exact) mass is 378 g/mol. The smallest absolute Gasteiger partial charge is 0.386 e. The first-order valence-corrected chi connectivity index (χ1v) is 8.45. The van der Waals surface area contributed by atoms with E-state index in [1.165, 1.54) is 18.2 Å². The Kier molecular flexibility index (Phi) is 5.35. The number of nitrogens with two attached hydrogens (primary N) is 1. The molecule has 0 saturated carbocycles. The predicted octanol–water partition coefficient (Wildman–Crippen LogP) is 2.64. The van der Waals surface area contributed by atoms with E-state index in [1.807, 2.05) is 0 Å². The maximum Gasteiger partial charge on any atom is 0.418 e. The van der Waals surface area contributed by atoms with Crippen molar-refractivity contribution in [3.05, 3.63) is 59.4 Å². The zero-order chi connectivity index (χ0) is 18.8. The fourth-order valence-electron chi connectivity index (χ4n) is 2.15. The van der Waals surface area contributed by atoms with Crippen LogP contribution in [-0.2, 0) is 16.2 Å². The molecule has 0 amide bonds. The lowest BCUT2D eigenvalue weighted by molar-refractivity contribution is -0.137. The predicted molar refractivity (Wildman–Crippen MR) is 82.7 cm³/mol. The fourth-order valence-corrected chi connectivity index (χ4v) is 2.69. The number of anilines is 1. The van der Waals surface area contributed by atoms with Gasteiger partial charge in [0.1, 0.15) is 5.82 Å². The van der Waals surface area contributed by atoms with Crippen molar-refractivity contribution in [3.8, 4) is 0 Å². The summed E-state index contributed by atoms with van der Waals surface area (Å²) in [5.41, 5.74) is -1.81. The number of alkyl halides is 3. The zero-order valence-corrected chi connectivity index (χ0v) is 13.4. The third kappa shape index (κ3) is 4.68. The van der Waals surface area contributed by atoms with Gasteiger partial charge in [0.05, 0.1) is 16.6 Å². The van der Waals surface area contributed by atoms with Crippen LogP contribution in [0.25, 0.3) is 0 Å². The second kappa shape index (κ2) is 6.98. The number of aliphatic hydroxyl groups excluding tert-OH is 1. The van der Waals surface area contributed by atoms with E-state index in [-0.39, 0.29) is 5.56 Å². The molecule has 0 spiro atoms. The topological polar surface area (TPSA) is 92.4 Å². The van der Waals surface area contributed by atoms with Gasteiger partial charge >= 0.3 is 6.18 Å². The van der Waals surface area contributed by atoms with Gasteiger partial charge in [-0.1, -0.05) is 18.2 Å². The maximum absolute atomic E-state index is 13.6. The summed E-state index contributed by atoms with van der Waals surface area (Å²) in [4.78, 5) is -0.694. The van der Waals surface area contributed by atoms with E-state index in [0.29, 0.717) is 6.07 Å². The van der Waals surface area contributed by atoms with Crippen molar-refractivity contribution in [2.45, 2.75) is 17.2 Å². The largest absolute Gasteiger partial charge is 0.418 e. The number of benzene rings is 2. The Morgan fingerprint density at radius 2 is 1.80 bits per heavy atom. The fraction of sp³-hybridized carbons (Fsp3) is 0.200. The molecule has 136 valence electrons. The van der Waals surface area contributed by atoms with Crippen LogP contribution in [0.5, 0.6) is 0 Å². The second-order valence-electron chi connectivity index (χ2n) is 5.17. The van der Waals surface area contributed by atoms with Crippen molar-refractivity contribution in [1.82, 2.24) is 0 Å². The average molecular weight is 378 g/mol. The number of primary sulfonamides is 1. The van der Waals surface area contributed by atoms with E-state index in [2.05, 4.69) is 5.32 Å². The Labute approximate surface area is 141 Å². The van der Waals surface area contributed by atoms with Gasteiger partial charge in [0, 0.05) is 17.8 Å². The van der Waals surface area contributed by atoms with Gasteiger partial charge in [-0.2, -0.15) is 13.2 Å². The molecule has 1 unspecified atom stereocenters. The summed E-state index contributed by atoms with van der Waals surface area (Å²) >= 11 is 0. The first kappa shape index (κ1) is 19.2. The maximum atomic E-state index is 13.6. The van der Waals surface area contributed by atoms with Crippen LogP contribution in [0.3, 0.4) is 0 Å². The van der Waals surface area contributed by atoms with E-state index < -0.39 is 50.8 Å². The number of hydrogen-bond acceptors (Lipinski definition) is 4. The van der Waals surface area contributed by atoms with Gasteiger partial charge in [-0.15, -0.1) is 0 Å². The Morgan fingerprint density at radius 3 is 2.36 bits per heavy atom. The van der Waals surface area contributed by atoms with E-state index in [9.17, 15) is 31.1 Å². The minimum absolute atomic E-state index is 0.0790.